The molecule has 1 aliphatic carbocycles. The highest BCUT2D eigenvalue weighted by Gasteiger charge is 2.67. The van der Waals surface area contributed by atoms with E-state index in [0.29, 0.717) is 18.9 Å². The smallest absolute Gasteiger partial charge is 0.434 e. The van der Waals surface area contributed by atoms with Gasteiger partial charge < -0.3 is 37.9 Å². The van der Waals surface area contributed by atoms with Gasteiger partial charge in [-0.25, -0.2) is 4.79 Å². The summed E-state index contributed by atoms with van der Waals surface area (Å²) in [6.07, 6.45) is -30.8. The van der Waals surface area contributed by atoms with Gasteiger partial charge in [0.1, 0.15) is 6.10 Å². The zero-order valence-electron chi connectivity index (χ0n) is 41.0. The van der Waals surface area contributed by atoms with Gasteiger partial charge in [0.15, 0.2) is 24.3 Å². The standard InChI is InChI=1S/C22H26F6O9.C14H28O2.C9H12F6O2/c1-4-19(2,3)18(31)34-12-10-11(32-15(12)30)13-16(33-10)37-20(36-13)7-5-9(6-8-20)14(29)35-17(21(23,24)25)22(26,27)28;1-6-9-10-12(7-2)11-16-13(15)14(4,5)8-3;1-4-7(2,3)6(16)17-5(8(10,11)12)9(13,14)15/h9-13,16-17H,4-8H2,1-3H3;12H,6-11H2,1-5H3;5H,4H2,1-3H3. The first kappa shape index (κ1) is 62.5. The lowest BCUT2D eigenvalue weighted by Gasteiger charge is -2.36. The lowest BCUT2D eigenvalue weighted by Crippen LogP contribution is -2.47. The summed E-state index contributed by atoms with van der Waals surface area (Å²) in [5.74, 6) is -6.65. The van der Waals surface area contributed by atoms with E-state index in [1.165, 1.54) is 40.0 Å². The van der Waals surface area contributed by atoms with Crippen molar-refractivity contribution < 1.29 is 115 Å². The molecule has 1 spiro atoms. The van der Waals surface area contributed by atoms with Crippen molar-refractivity contribution in [2.24, 2.45) is 28.1 Å². The highest BCUT2D eigenvalue weighted by atomic mass is 19.4. The summed E-state index contributed by atoms with van der Waals surface area (Å²) in [6, 6.07) is 0. The van der Waals surface area contributed by atoms with Gasteiger partial charge in [0.05, 0.1) is 28.8 Å². The van der Waals surface area contributed by atoms with Crippen molar-refractivity contribution in [3.8, 4) is 0 Å². The van der Waals surface area contributed by atoms with Crippen LogP contribution in [0.3, 0.4) is 0 Å². The Balaban J connectivity index is 0.000000424. The third kappa shape index (κ3) is 16.7. The number of carbonyl (C=O) groups is 5. The van der Waals surface area contributed by atoms with E-state index in [4.69, 9.17) is 28.4 Å². The average molecular weight is 1040 g/mol. The summed E-state index contributed by atoms with van der Waals surface area (Å²) in [5, 5.41) is 0. The molecular formula is C45H66F12O13. The molecule has 6 unspecified atom stereocenters. The fourth-order valence-electron chi connectivity index (χ4n) is 6.83. The molecule has 3 aliphatic heterocycles. The summed E-state index contributed by atoms with van der Waals surface area (Å²) in [5.41, 5.74) is -2.57. The Bertz CT molecular complexity index is 1720. The van der Waals surface area contributed by atoms with E-state index in [1.807, 2.05) is 20.8 Å². The Labute approximate surface area is 398 Å². The Hall–Kier alpha value is -3.61. The van der Waals surface area contributed by atoms with Crippen LogP contribution in [-0.2, 0) is 61.9 Å². The molecule has 0 aromatic heterocycles. The quantitative estimate of drug-likeness (QED) is 0.0817. The number of ether oxygens (including phenoxy) is 8. The Morgan fingerprint density at radius 2 is 1.09 bits per heavy atom. The number of hydrogen-bond donors (Lipinski definition) is 0. The molecule has 3 heterocycles. The summed E-state index contributed by atoms with van der Waals surface area (Å²) in [6.45, 7) is 19.8. The SMILES string of the molecule is CCC(C)(C)C(=O)OC(C(F)(F)F)C(F)(F)F.CCC(C)(C)C(=O)OC1C(=O)OC2C3OC4(CCC(C(=O)OC(C(F)(F)F)C(F)(F)F)CC4)OC3OC12.CCCCC(CC)COC(=O)C(C)(C)CC. The molecule has 13 nitrogen and oxygen atoms in total. The maximum absolute atomic E-state index is 12.7. The monoisotopic (exact) mass is 1040 g/mol. The van der Waals surface area contributed by atoms with Crippen molar-refractivity contribution in [2.75, 3.05) is 6.61 Å². The van der Waals surface area contributed by atoms with Gasteiger partial charge in [-0.15, -0.1) is 0 Å². The molecule has 408 valence electrons. The molecule has 25 heteroatoms. The number of unbranched alkanes of at least 4 members (excludes halogenated alkanes) is 1. The lowest BCUT2D eigenvalue weighted by atomic mass is 9.85. The predicted octanol–water partition coefficient (Wildman–Crippen LogP) is 11.0. The maximum atomic E-state index is 12.7. The van der Waals surface area contributed by atoms with Crippen LogP contribution in [0.25, 0.3) is 0 Å². The zero-order chi connectivity index (χ0) is 54.2. The van der Waals surface area contributed by atoms with Crippen LogP contribution in [0, 0.1) is 28.1 Å². The number of alkyl halides is 12. The highest BCUT2D eigenvalue weighted by molar-refractivity contribution is 5.84. The van der Waals surface area contributed by atoms with Crippen LogP contribution in [0.15, 0.2) is 0 Å². The Morgan fingerprint density at radius 1 is 0.629 bits per heavy atom. The average Bonchev–Trinajstić information content (AvgIpc) is 3.86. The Kier molecular flexibility index (Phi) is 21.4. The number of carbonyl (C=O) groups excluding carboxylic acids is 5. The number of esters is 5. The zero-order valence-corrected chi connectivity index (χ0v) is 41.0. The summed E-state index contributed by atoms with van der Waals surface area (Å²) >= 11 is 0. The third-order valence-electron chi connectivity index (χ3n) is 12.9. The minimum Gasteiger partial charge on any atom is -0.465 e. The van der Waals surface area contributed by atoms with Crippen molar-refractivity contribution in [3.05, 3.63) is 0 Å². The normalized spacial score (nSPS) is 25.5. The van der Waals surface area contributed by atoms with E-state index < -0.39 is 114 Å². The minimum atomic E-state index is -5.80. The molecule has 0 aromatic rings. The maximum Gasteiger partial charge on any atom is 0.434 e. The molecule has 0 N–H and O–H groups in total. The molecule has 0 radical (unpaired) electrons. The van der Waals surface area contributed by atoms with Gasteiger partial charge >= 0.3 is 54.6 Å². The first-order valence-corrected chi connectivity index (χ1v) is 23.1. The first-order valence-electron chi connectivity index (χ1n) is 23.1. The van der Waals surface area contributed by atoms with E-state index >= 15 is 0 Å². The van der Waals surface area contributed by atoms with Crippen molar-refractivity contribution >= 4 is 29.8 Å². The van der Waals surface area contributed by atoms with Crippen LogP contribution < -0.4 is 0 Å². The third-order valence-corrected chi connectivity index (χ3v) is 12.9. The van der Waals surface area contributed by atoms with Crippen LogP contribution in [0.4, 0.5) is 52.7 Å². The van der Waals surface area contributed by atoms with Gasteiger partial charge in [0.25, 0.3) is 12.2 Å². The second-order valence-corrected chi connectivity index (χ2v) is 19.6. The number of rotatable bonds is 16. The van der Waals surface area contributed by atoms with Crippen LogP contribution in [0.5, 0.6) is 0 Å². The molecule has 6 atom stereocenters. The molecular weight excluding hydrogens is 976 g/mol. The van der Waals surface area contributed by atoms with Crippen LogP contribution in [-0.4, -0.2) is 110 Å². The largest absolute Gasteiger partial charge is 0.465 e. The molecule has 4 fully saturated rings. The second kappa shape index (κ2) is 24.0. The van der Waals surface area contributed by atoms with Gasteiger partial charge in [-0.3, -0.25) is 19.2 Å². The molecule has 0 aromatic carbocycles. The van der Waals surface area contributed by atoms with E-state index in [1.54, 1.807) is 20.8 Å². The van der Waals surface area contributed by atoms with Crippen LogP contribution in [0.2, 0.25) is 0 Å². The van der Waals surface area contributed by atoms with Crippen molar-refractivity contribution in [1.29, 1.82) is 0 Å². The van der Waals surface area contributed by atoms with E-state index in [0.717, 1.165) is 12.8 Å². The van der Waals surface area contributed by atoms with E-state index in [-0.39, 0.29) is 43.5 Å². The van der Waals surface area contributed by atoms with Gasteiger partial charge in [0, 0.05) is 12.8 Å². The predicted molar refractivity (Wildman–Crippen MR) is 220 cm³/mol. The number of hydrogen-bond acceptors (Lipinski definition) is 13. The number of fused-ring (bicyclic) bond motifs is 3. The van der Waals surface area contributed by atoms with Crippen molar-refractivity contribution in [2.45, 2.75) is 220 Å². The summed E-state index contributed by atoms with van der Waals surface area (Å²) < 4.78 is 190. The summed E-state index contributed by atoms with van der Waals surface area (Å²) in [4.78, 5) is 59.8. The van der Waals surface area contributed by atoms with Crippen LogP contribution >= 0.6 is 0 Å². The Morgan fingerprint density at radius 3 is 1.53 bits per heavy atom. The second-order valence-electron chi connectivity index (χ2n) is 19.6. The van der Waals surface area contributed by atoms with E-state index in [2.05, 4.69) is 23.3 Å². The lowest BCUT2D eigenvalue weighted by molar-refractivity contribution is -0.315. The minimum absolute atomic E-state index is 0.0510. The molecule has 1 saturated carbocycles. The molecule has 4 rings (SSSR count). The van der Waals surface area contributed by atoms with Gasteiger partial charge in [-0.1, -0.05) is 53.9 Å². The van der Waals surface area contributed by atoms with Gasteiger partial charge in [-0.2, -0.15) is 52.7 Å². The summed E-state index contributed by atoms with van der Waals surface area (Å²) in [7, 11) is 0. The highest BCUT2D eigenvalue weighted by Crippen LogP contribution is 2.50. The van der Waals surface area contributed by atoms with Crippen molar-refractivity contribution in [3.63, 3.8) is 0 Å². The topological polar surface area (TPSA) is 159 Å². The van der Waals surface area contributed by atoms with Crippen molar-refractivity contribution in [1.82, 2.24) is 0 Å². The van der Waals surface area contributed by atoms with E-state index in [9.17, 15) is 76.7 Å². The molecule has 3 saturated heterocycles. The fourth-order valence-corrected chi connectivity index (χ4v) is 6.83. The molecule has 70 heavy (non-hydrogen) atoms. The molecule has 4 aliphatic rings. The molecule has 0 amide bonds. The van der Waals surface area contributed by atoms with Crippen LogP contribution in [0.1, 0.15) is 147 Å². The molecule has 0 bridgehead atoms. The first-order chi connectivity index (χ1) is 31.8. The van der Waals surface area contributed by atoms with Gasteiger partial charge in [-0.05, 0) is 86.0 Å². The van der Waals surface area contributed by atoms with Gasteiger partial charge in [0.2, 0.25) is 6.10 Å². The fraction of sp³-hybridized carbons (Fsp3) is 0.889. The number of halogens is 12.